The molecule has 8 nitrogen and oxygen atoms in total. The van der Waals surface area contributed by atoms with Crippen LogP contribution in [0.4, 0.5) is 5.69 Å². The van der Waals surface area contributed by atoms with E-state index in [2.05, 4.69) is 16.0 Å². The third-order valence-electron chi connectivity index (χ3n) is 3.70. The third-order valence-corrected chi connectivity index (χ3v) is 3.70. The number of carbonyl (C=O) groups is 3. The summed E-state index contributed by atoms with van der Waals surface area (Å²) in [5.74, 6) is -0.282. The fourth-order valence-electron chi connectivity index (χ4n) is 2.32. The highest BCUT2D eigenvalue weighted by molar-refractivity contribution is 5.97. The van der Waals surface area contributed by atoms with Crippen LogP contribution in [0.3, 0.4) is 0 Å². The van der Waals surface area contributed by atoms with Crippen LogP contribution in [0, 0.1) is 0 Å². The van der Waals surface area contributed by atoms with E-state index in [9.17, 15) is 14.4 Å². The van der Waals surface area contributed by atoms with E-state index < -0.39 is 6.10 Å². The zero-order valence-corrected chi connectivity index (χ0v) is 13.7. The number of benzene rings is 1. The summed E-state index contributed by atoms with van der Waals surface area (Å²) in [6, 6.07) is 5.06. The summed E-state index contributed by atoms with van der Waals surface area (Å²) in [7, 11) is 0. The largest absolute Gasteiger partial charge is 0.478 e. The first kappa shape index (κ1) is 17.7. The molecule has 5 N–H and O–H groups in total. The molecule has 1 aromatic carbocycles. The maximum absolute atomic E-state index is 11.8. The Balaban J connectivity index is 2.01. The van der Waals surface area contributed by atoms with Gasteiger partial charge in [-0.1, -0.05) is 13.0 Å². The van der Waals surface area contributed by atoms with Crippen molar-refractivity contribution >= 4 is 23.4 Å². The van der Waals surface area contributed by atoms with E-state index in [0.717, 1.165) is 5.56 Å². The predicted molar refractivity (Wildman–Crippen MR) is 88.4 cm³/mol. The van der Waals surface area contributed by atoms with Crippen LogP contribution in [0.1, 0.15) is 31.9 Å². The average Bonchev–Trinajstić information content (AvgIpc) is 2.58. The molecule has 2 unspecified atom stereocenters. The summed E-state index contributed by atoms with van der Waals surface area (Å²) in [6.45, 7) is 3.41. The monoisotopic (exact) mass is 334 g/mol. The molecule has 1 aliphatic heterocycles. The Kier molecular flexibility index (Phi) is 5.75. The summed E-state index contributed by atoms with van der Waals surface area (Å²) in [5.41, 5.74) is 6.61. The van der Waals surface area contributed by atoms with Crippen LogP contribution in [0.15, 0.2) is 18.2 Å². The number of hydrogen-bond donors (Lipinski definition) is 4. The summed E-state index contributed by atoms with van der Waals surface area (Å²) < 4.78 is 5.69. The Labute approximate surface area is 140 Å². The van der Waals surface area contributed by atoms with Crippen molar-refractivity contribution in [2.75, 3.05) is 18.4 Å². The Morgan fingerprint density at radius 2 is 2.12 bits per heavy atom. The maximum atomic E-state index is 11.8. The third kappa shape index (κ3) is 4.23. The number of hydrogen-bond acceptors (Lipinski definition) is 5. The van der Waals surface area contributed by atoms with Gasteiger partial charge in [0.1, 0.15) is 5.75 Å². The molecule has 0 saturated heterocycles. The molecule has 0 aliphatic carbocycles. The minimum absolute atomic E-state index is 0.129. The van der Waals surface area contributed by atoms with Gasteiger partial charge in [-0.25, -0.2) is 0 Å². The van der Waals surface area contributed by atoms with Gasteiger partial charge < -0.3 is 26.4 Å². The Morgan fingerprint density at radius 3 is 2.79 bits per heavy atom. The first-order valence-corrected chi connectivity index (χ1v) is 7.82. The number of fused-ring (bicyclic) bond motifs is 1. The van der Waals surface area contributed by atoms with Crippen LogP contribution in [0.2, 0.25) is 0 Å². The van der Waals surface area contributed by atoms with Gasteiger partial charge in [0.15, 0.2) is 6.10 Å². The molecule has 0 fully saturated rings. The normalized spacial score (nSPS) is 17.1. The Bertz CT molecular complexity index is 647. The minimum Gasteiger partial charge on any atom is -0.478 e. The topological polar surface area (TPSA) is 123 Å². The number of ether oxygens (including phenoxy) is 1. The lowest BCUT2D eigenvalue weighted by Gasteiger charge is -2.26. The van der Waals surface area contributed by atoms with Crippen molar-refractivity contribution in [3.05, 3.63) is 23.8 Å². The average molecular weight is 334 g/mol. The molecule has 2 rings (SSSR count). The molecule has 0 saturated carbocycles. The van der Waals surface area contributed by atoms with Gasteiger partial charge in [0, 0.05) is 0 Å². The van der Waals surface area contributed by atoms with E-state index in [1.165, 1.54) is 0 Å². The fourth-order valence-corrected chi connectivity index (χ4v) is 2.32. The molecule has 2 atom stereocenters. The summed E-state index contributed by atoms with van der Waals surface area (Å²) in [6.07, 6.45) is 0.0620. The number of carbonyl (C=O) groups excluding carboxylic acids is 3. The molecule has 24 heavy (non-hydrogen) atoms. The van der Waals surface area contributed by atoms with Crippen molar-refractivity contribution in [3.8, 4) is 5.75 Å². The second-order valence-electron chi connectivity index (χ2n) is 5.53. The van der Waals surface area contributed by atoms with Crippen molar-refractivity contribution < 1.29 is 19.1 Å². The van der Waals surface area contributed by atoms with Crippen LogP contribution in [0.5, 0.6) is 5.75 Å². The minimum atomic E-state index is -0.510. The molecule has 3 amide bonds. The lowest BCUT2D eigenvalue weighted by molar-refractivity contribution is -0.125. The number of amides is 3. The van der Waals surface area contributed by atoms with Gasteiger partial charge >= 0.3 is 0 Å². The van der Waals surface area contributed by atoms with Crippen molar-refractivity contribution in [1.29, 1.82) is 0 Å². The van der Waals surface area contributed by atoms with Gasteiger partial charge in [-0.3, -0.25) is 14.4 Å². The second kappa shape index (κ2) is 7.78. The van der Waals surface area contributed by atoms with E-state index in [1.807, 2.05) is 13.8 Å². The SMILES string of the molecule is CCC1Oc2cc(C(C)NC(=O)CNC(=O)CN)ccc2NC1=O. The van der Waals surface area contributed by atoms with Crippen molar-refractivity contribution in [2.45, 2.75) is 32.4 Å². The summed E-state index contributed by atoms with van der Waals surface area (Å²) in [5, 5.41) is 7.98. The molecule has 0 bridgehead atoms. The van der Waals surface area contributed by atoms with Gasteiger partial charge in [0.2, 0.25) is 11.8 Å². The van der Waals surface area contributed by atoms with Gasteiger partial charge in [-0.05, 0) is 31.0 Å². The molecule has 0 spiro atoms. The number of rotatable bonds is 6. The number of nitrogens with one attached hydrogen (secondary N) is 3. The van der Waals surface area contributed by atoms with E-state index >= 15 is 0 Å². The van der Waals surface area contributed by atoms with Gasteiger partial charge in [0.25, 0.3) is 5.91 Å². The second-order valence-corrected chi connectivity index (χ2v) is 5.53. The summed E-state index contributed by atoms with van der Waals surface area (Å²) in [4.78, 5) is 34.6. The lowest BCUT2D eigenvalue weighted by atomic mass is 10.1. The van der Waals surface area contributed by atoms with Crippen LogP contribution >= 0.6 is 0 Å². The fraction of sp³-hybridized carbons (Fsp3) is 0.438. The molecule has 1 heterocycles. The van der Waals surface area contributed by atoms with Crippen molar-refractivity contribution in [1.82, 2.24) is 10.6 Å². The first-order chi connectivity index (χ1) is 11.4. The van der Waals surface area contributed by atoms with Gasteiger partial charge in [-0.15, -0.1) is 0 Å². The highest BCUT2D eigenvalue weighted by Crippen LogP contribution is 2.32. The molecule has 0 radical (unpaired) electrons. The van der Waals surface area contributed by atoms with Crippen LogP contribution in [-0.4, -0.2) is 36.9 Å². The first-order valence-electron chi connectivity index (χ1n) is 7.82. The zero-order valence-electron chi connectivity index (χ0n) is 13.7. The molecule has 8 heteroatoms. The molecule has 0 aromatic heterocycles. The quantitative estimate of drug-likeness (QED) is 0.585. The number of anilines is 1. The Hall–Kier alpha value is -2.61. The highest BCUT2D eigenvalue weighted by Gasteiger charge is 2.26. The zero-order chi connectivity index (χ0) is 17.7. The van der Waals surface area contributed by atoms with E-state index in [1.54, 1.807) is 18.2 Å². The molecule has 130 valence electrons. The molecule has 1 aromatic rings. The summed E-state index contributed by atoms with van der Waals surface area (Å²) >= 11 is 0. The Morgan fingerprint density at radius 1 is 1.38 bits per heavy atom. The highest BCUT2D eigenvalue weighted by atomic mass is 16.5. The van der Waals surface area contributed by atoms with Crippen molar-refractivity contribution in [3.63, 3.8) is 0 Å². The standard InChI is InChI=1S/C16H22N4O4/c1-3-12-16(23)20-11-5-4-10(6-13(11)24-12)9(2)19-15(22)8-18-14(21)7-17/h4-6,9,12H,3,7-8,17H2,1-2H3,(H,18,21)(H,19,22)(H,20,23). The van der Waals surface area contributed by atoms with Crippen LogP contribution in [-0.2, 0) is 14.4 Å². The predicted octanol–water partition coefficient (Wildman–Crippen LogP) is 0.0482. The number of nitrogens with two attached hydrogens (primary N) is 1. The molecular weight excluding hydrogens is 312 g/mol. The van der Waals surface area contributed by atoms with Gasteiger partial charge in [-0.2, -0.15) is 0 Å². The van der Waals surface area contributed by atoms with Crippen molar-refractivity contribution in [2.24, 2.45) is 5.73 Å². The van der Waals surface area contributed by atoms with Crippen LogP contribution in [0.25, 0.3) is 0 Å². The van der Waals surface area contributed by atoms with E-state index in [0.29, 0.717) is 17.9 Å². The van der Waals surface area contributed by atoms with E-state index in [-0.39, 0.29) is 36.9 Å². The lowest BCUT2D eigenvalue weighted by Crippen LogP contribution is -2.40. The van der Waals surface area contributed by atoms with Gasteiger partial charge in [0.05, 0.1) is 24.8 Å². The maximum Gasteiger partial charge on any atom is 0.265 e. The van der Waals surface area contributed by atoms with Crippen LogP contribution < -0.4 is 26.4 Å². The van der Waals surface area contributed by atoms with E-state index in [4.69, 9.17) is 10.5 Å². The molecule has 1 aliphatic rings. The smallest absolute Gasteiger partial charge is 0.265 e. The molecular formula is C16H22N4O4.